The summed E-state index contributed by atoms with van der Waals surface area (Å²) < 4.78 is 18.6. The number of aliphatic carboxylic acids is 1. The molecule has 122 valence electrons. The highest BCUT2D eigenvalue weighted by Gasteiger charge is 2.30. The van der Waals surface area contributed by atoms with Gasteiger partial charge in [-0.3, -0.25) is 9.69 Å². The zero-order valence-electron chi connectivity index (χ0n) is 12.8. The van der Waals surface area contributed by atoms with E-state index in [1.807, 2.05) is 4.90 Å². The minimum absolute atomic E-state index is 0.000333. The van der Waals surface area contributed by atoms with E-state index in [2.05, 4.69) is 10.1 Å². The second kappa shape index (κ2) is 6.45. The maximum Gasteiger partial charge on any atom is 0.320 e. The fraction of sp³-hybridized carbons (Fsp3) is 0.438. The molecule has 6 nitrogen and oxygen atoms in total. The Balaban J connectivity index is 1.76. The first kappa shape index (κ1) is 15.6. The molecular weight excluding hydrogens is 301 g/mol. The van der Waals surface area contributed by atoms with E-state index in [0.29, 0.717) is 23.8 Å². The van der Waals surface area contributed by atoms with Crippen LogP contribution in [0.4, 0.5) is 4.39 Å². The number of likely N-dealkylation sites (tertiary alicyclic amines) is 1. The highest BCUT2D eigenvalue weighted by atomic mass is 19.1. The fourth-order valence-corrected chi connectivity index (χ4v) is 2.86. The summed E-state index contributed by atoms with van der Waals surface area (Å²) in [6, 6.07) is 5.49. The van der Waals surface area contributed by atoms with Gasteiger partial charge in [0.1, 0.15) is 11.9 Å². The molecule has 3 rings (SSSR count). The molecule has 1 N–H and O–H groups in total. The van der Waals surface area contributed by atoms with E-state index < -0.39 is 12.0 Å². The summed E-state index contributed by atoms with van der Waals surface area (Å²) in [5, 5.41) is 13.1. The number of halogens is 1. The molecule has 0 spiro atoms. The fourth-order valence-electron chi connectivity index (χ4n) is 2.86. The Morgan fingerprint density at radius 1 is 1.52 bits per heavy atom. The van der Waals surface area contributed by atoms with Crippen LogP contribution in [0, 0.1) is 5.82 Å². The molecule has 1 aliphatic rings. The average molecular weight is 319 g/mol. The third-order valence-electron chi connectivity index (χ3n) is 4.23. The number of piperidine rings is 1. The minimum Gasteiger partial charge on any atom is -0.480 e. The molecule has 1 aliphatic heterocycles. The van der Waals surface area contributed by atoms with Crippen LogP contribution in [0.3, 0.4) is 0 Å². The molecule has 7 heteroatoms. The van der Waals surface area contributed by atoms with Gasteiger partial charge < -0.3 is 9.63 Å². The largest absolute Gasteiger partial charge is 0.480 e. The van der Waals surface area contributed by atoms with Crippen LogP contribution in [0.5, 0.6) is 0 Å². The summed E-state index contributed by atoms with van der Waals surface area (Å²) in [5.74, 6) is -0.362. The molecule has 2 aromatic rings. The Morgan fingerprint density at radius 2 is 2.35 bits per heavy atom. The van der Waals surface area contributed by atoms with Crippen molar-refractivity contribution in [3.05, 3.63) is 36.0 Å². The number of carboxylic acid groups (broad SMARTS) is 1. The first-order chi connectivity index (χ1) is 11.0. The van der Waals surface area contributed by atoms with Crippen molar-refractivity contribution in [3.63, 3.8) is 0 Å². The lowest BCUT2D eigenvalue weighted by Gasteiger charge is -2.33. The van der Waals surface area contributed by atoms with Gasteiger partial charge in [-0.2, -0.15) is 4.98 Å². The van der Waals surface area contributed by atoms with Gasteiger partial charge in [0.05, 0.1) is 5.92 Å². The zero-order chi connectivity index (χ0) is 16.4. The lowest BCUT2D eigenvalue weighted by molar-refractivity contribution is -0.143. The van der Waals surface area contributed by atoms with Crippen molar-refractivity contribution in [3.8, 4) is 11.4 Å². The van der Waals surface area contributed by atoms with Crippen LogP contribution in [0.25, 0.3) is 11.4 Å². The van der Waals surface area contributed by atoms with Crippen LogP contribution in [0.15, 0.2) is 28.8 Å². The number of aromatic nitrogens is 2. The molecule has 0 unspecified atom stereocenters. The number of carbonyl (C=O) groups is 1. The molecule has 23 heavy (non-hydrogen) atoms. The predicted molar refractivity (Wildman–Crippen MR) is 80.3 cm³/mol. The van der Waals surface area contributed by atoms with Crippen molar-refractivity contribution in [2.75, 3.05) is 13.1 Å². The van der Waals surface area contributed by atoms with Gasteiger partial charge in [0.15, 0.2) is 0 Å². The summed E-state index contributed by atoms with van der Waals surface area (Å²) in [4.78, 5) is 17.4. The molecule has 0 aliphatic carbocycles. The zero-order valence-corrected chi connectivity index (χ0v) is 12.8. The summed E-state index contributed by atoms with van der Waals surface area (Å²) in [7, 11) is 0. The van der Waals surface area contributed by atoms with Crippen molar-refractivity contribution >= 4 is 5.97 Å². The second-order valence-electron chi connectivity index (χ2n) is 5.81. The topological polar surface area (TPSA) is 79.5 Å². The smallest absolute Gasteiger partial charge is 0.320 e. The molecule has 1 saturated heterocycles. The molecule has 1 fully saturated rings. The van der Waals surface area contributed by atoms with E-state index in [9.17, 15) is 9.18 Å². The summed E-state index contributed by atoms with van der Waals surface area (Å²) >= 11 is 0. The van der Waals surface area contributed by atoms with E-state index in [1.165, 1.54) is 12.1 Å². The van der Waals surface area contributed by atoms with Gasteiger partial charge in [0.25, 0.3) is 0 Å². The standard InChI is InChI=1S/C16H18FN3O3/c1-10(16(21)22)20-7-3-5-12(9-20)15-18-14(19-23-15)11-4-2-6-13(17)8-11/h2,4,6,8,10,12H,3,5,7,9H2,1H3,(H,21,22)/t10-,12-/m1/s1. The van der Waals surface area contributed by atoms with Crippen molar-refractivity contribution in [1.82, 2.24) is 15.0 Å². The van der Waals surface area contributed by atoms with Crippen LogP contribution >= 0.6 is 0 Å². The van der Waals surface area contributed by atoms with E-state index in [-0.39, 0.29) is 11.7 Å². The molecular formula is C16H18FN3O3. The monoisotopic (exact) mass is 319 g/mol. The highest BCUT2D eigenvalue weighted by Crippen LogP contribution is 2.28. The van der Waals surface area contributed by atoms with Gasteiger partial charge >= 0.3 is 5.97 Å². The molecule has 1 aromatic carbocycles. The summed E-state index contributed by atoms with van der Waals surface area (Å²) in [6.45, 7) is 2.99. The third kappa shape index (κ3) is 3.39. The van der Waals surface area contributed by atoms with Gasteiger partial charge in [-0.1, -0.05) is 17.3 Å². The molecule has 0 radical (unpaired) electrons. The first-order valence-corrected chi connectivity index (χ1v) is 7.61. The Kier molecular flexibility index (Phi) is 4.38. The van der Waals surface area contributed by atoms with Crippen LogP contribution in [-0.4, -0.2) is 45.2 Å². The Morgan fingerprint density at radius 3 is 3.09 bits per heavy atom. The lowest BCUT2D eigenvalue weighted by Crippen LogP contribution is -2.44. The number of benzene rings is 1. The maximum absolute atomic E-state index is 13.3. The quantitative estimate of drug-likeness (QED) is 0.933. The van der Waals surface area contributed by atoms with Gasteiger partial charge in [-0.05, 0) is 38.4 Å². The molecule has 2 heterocycles. The first-order valence-electron chi connectivity index (χ1n) is 7.61. The van der Waals surface area contributed by atoms with Gasteiger partial charge in [0, 0.05) is 12.1 Å². The number of rotatable bonds is 4. The second-order valence-corrected chi connectivity index (χ2v) is 5.81. The summed E-state index contributed by atoms with van der Waals surface area (Å²) in [5.41, 5.74) is 0.562. The number of carboxylic acids is 1. The Labute approximate surface area is 132 Å². The number of hydrogen-bond donors (Lipinski definition) is 1. The van der Waals surface area contributed by atoms with Crippen LogP contribution < -0.4 is 0 Å². The molecule has 0 amide bonds. The van der Waals surface area contributed by atoms with Crippen molar-refractivity contribution in [2.24, 2.45) is 0 Å². The van der Waals surface area contributed by atoms with Crippen LogP contribution in [0.1, 0.15) is 31.6 Å². The highest BCUT2D eigenvalue weighted by molar-refractivity contribution is 5.72. The number of nitrogens with zero attached hydrogens (tertiary/aromatic N) is 3. The van der Waals surface area contributed by atoms with Gasteiger partial charge in [-0.15, -0.1) is 0 Å². The Bertz CT molecular complexity index is 703. The lowest BCUT2D eigenvalue weighted by atomic mass is 9.97. The molecule has 2 atom stereocenters. The van der Waals surface area contributed by atoms with Crippen molar-refractivity contribution in [1.29, 1.82) is 0 Å². The van der Waals surface area contributed by atoms with E-state index in [1.54, 1.807) is 19.1 Å². The SMILES string of the molecule is C[C@H](C(=O)O)N1CCC[C@@H](c2nc(-c3cccc(F)c3)no2)C1. The van der Waals surface area contributed by atoms with Crippen molar-refractivity contribution < 1.29 is 18.8 Å². The van der Waals surface area contributed by atoms with Crippen LogP contribution in [0.2, 0.25) is 0 Å². The molecule has 0 saturated carbocycles. The Hall–Kier alpha value is -2.28. The minimum atomic E-state index is -0.836. The van der Waals surface area contributed by atoms with E-state index in [0.717, 1.165) is 19.4 Å². The predicted octanol–water partition coefficient (Wildman–Crippen LogP) is 2.53. The molecule has 1 aromatic heterocycles. The van der Waals surface area contributed by atoms with E-state index >= 15 is 0 Å². The average Bonchev–Trinajstić information content (AvgIpc) is 3.04. The maximum atomic E-state index is 13.3. The van der Waals surface area contributed by atoms with Gasteiger partial charge in [-0.25, -0.2) is 4.39 Å². The summed E-state index contributed by atoms with van der Waals surface area (Å²) in [6.07, 6.45) is 1.74. The third-order valence-corrected chi connectivity index (χ3v) is 4.23. The van der Waals surface area contributed by atoms with Crippen molar-refractivity contribution in [2.45, 2.75) is 31.7 Å². The van der Waals surface area contributed by atoms with E-state index in [4.69, 9.17) is 9.63 Å². The van der Waals surface area contributed by atoms with Gasteiger partial charge in [0.2, 0.25) is 11.7 Å². The van der Waals surface area contributed by atoms with Crippen LogP contribution in [-0.2, 0) is 4.79 Å². The molecule has 0 bridgehead atoms. The number of hydrogen-bond acceptors (Lipinski definition) is 5. The normalized spacial score (nSPS) is 20.3.